The average molecular weight is 432 g/mol. The number of benzene rings is 1. The van der Waals surface area contributed by atoms with Crippen LogP contribution < -0.4 is 10.6 Å². The average Bonchev–Trinajstić information content (AvgIpc) is 3.48. The van der Waals surface area contributed by atoms with Gasteiger partial charge in [-0.2, -0.15) is 0 Å². The van der Waals surface area contributed by atoms with Crippen molar-refractivity contribution in [3.63, 3.8) is 0 Å². The highest BCUT2D eigenvalue weighted by Crippen LogP contribution is 2.36. The lowest BCUT2D eigenvalue weighted by Gasteiger charge is -2.33. The van der Waals surface area contributed by atoms with E-state index in [1.807, 2.05) is 38.1 Å². The van der Waals surface area contributed by atoms with Crippen LogP contribution in [-0.2, 0) is 14.3 Å². The van der Waals surface area contributed by atoms with Crippen LogP contribution >= 0.6 is 0 Å². The van der Waals surface area contributed by atoms with Gasteiger partial charge in [0.2, 0.25) is 11.8 Å². The normalized spacial score (nSPS) is 15.5. The molecule has 1 aliphatic carbocycles. The molecule has 0 radical (unpaired) electrons. The predicted molar refractivity (Wildman–Crippen MR) is 121 cm³/mol. The van der Waals surface area contributed by atoms with Crippen molar-refractivity contribution in [2.75, 3.05) is 6.54 Å². The van der Waals surface area contributed by atoms with E-state index < -0.39 is 17.7 Å². The zero-order chi connectivity index (χ0) is 23.2. The molecule has 7 nitrogen and oxygen atoms in total. The minimum Gasteiger partial charge on any atom is -0.444 e. The quantitative estimate of drug-likeness (QED) is 0.622. The number of carbonyl (C=O) groups is 3. The van der Waals surface area contributed by atoms with Crippen LogP contribution in [0.4, 0.5) is 4.79 Å². The lowest BCUT2D eigenvalue weighted by molar-refractivity contribution is -0.141. The fraction of sp³-hybridized carbons (Fsp3) is 0.625. The molecule has 2 atom stereocenters. The summed E-state index contributed by atoms with van der Waals surface area (Å²) in [6.45, 7) is 11.1. The van der Waals surface area contributed by atoms with Crippen LogP contribution in [0.25, 0.3) is 0 Å². The van der Waals surface area contributed by atoms with Crippen LogP contribution in [0, 0.1) is 6.92 Å². The molecule has 0 heterocycles. The summed E-state index contributed by atoms with van der Waals surface area (Å²) < 4.78 is 5.24. The lowest BCUT2D eigenvalue weighted by atomic mass is 9.98. The number of hydrogen-bond donors (Lipinski definition) is 2. The molecule has 0 bridgehead atoms. The molecule has 1 aromatic rings. The molecule has 0 spiro atoms. The Kier molecular flexibility index (Phi) is 8.48. The third-order valence-corrected chi connectivity index (χ3v) is 5.13. The fourth-order valence-electron chi connectivity index (χ4n) is 3.60. The number of ether oxygens (including phenoxy) is 1. The van der Waals surface area contributed by atoms with E-state index in [4.69, 9.17) is 4.74 Å². The number of carbonyl (C=O) groups excluding carboxylic acids is 3. The van der Waals surface area contributed by atoms with Gasteiger partial charge in [-0.25, -0.2) is 4.79 Å². The molecule has 2 N–H and O–H groups in total. The van der Waals surface area contributed by atoms with E-state index in [-0.39, 0.29) is 30.4 Å². The monoisotopic (exact) mass is 431 g/mol. The first-order chi connectivity index (χ1) is 14.5. The standard InChI is InChI=1S/C24H37N3O4/c1-7-10-17(3)26-22(29)21(19-12-9-8-11-16(19)2)27(18-13-14-18)20(28)15-25-23(30)31-24(4,5)6/h8-9,11-12,17-18,21H,7,10,13-15H2,1-6H3,(H,25,30)(H,26,29). The van der Waals surface area contributed by atoms with E-state index >= 15 is 0 Å². The summed E-state index contributed by atoms with van der Waals surface area (Å²) in [6, 6.07) is 6.91. The molecule has 0 aromatic heterocycles. The van der Waals surface area contributed by atoms with Crippen molar-refractivity contribution in [3.8, 4) is 0 Å². The van der Waals surface area contributed by atoms with Crippen molar-refractivity contribution in [2.45, 2.75) is 91.0 Å². The van der Waals surface area contributed by atoms with Gasteiger partial charge in [0.05, 0.1) is 0 Å². The first kappa shape index (κ1) is 24.7. The third-order valence-electron chi connectivity index (χ3n) is 5.13. The number of aryl methyl sites for hydroxylation is 1. The maximum Gasteiger partial charge on any atom is 0.408 e. The van der Waals surface area contributed by atoms with Crippen LogP contribution in [0.15, 0.2) is 24.3 Å². The number of hydrogen-bond acceptors (Lipinski definition) is 4. The van der Waals surface area contributed by atoms with Crippen molar-refractivity contribution in [2.24, 2.45) is 0 Å². The Morgan fingerprint density at radius 2 is 1.84 bits per heavy atom. The Labute approximate surface area is 185 Å². The second-order valence-electron chi connectivity index (χ2n) is 9.35. The maximum atomic E-state index is 13.4. The van der Waals surface area contributed by atoms with Gasteiger partial charge in [-0.3, -0.25) is 9.59 Å². The third kappa shape index (κ3) is 7.56. The maximum absolute atomic E-state index is 13.4. The van der Waals surface area contributed by atoms with Crippen LogP contribution in [0.1, 0.15) is 77.5 Å². The number of alkyl carbamates (subject to hydrolysis) is 1. The summed E-state index contributed by atoms with van der Waals surface area (Å²) in [5.74, 6) is -0.479. The van der Waals surface area contributed by atoms with Gasteiger partial charge >= 0.3 is 6.09 Å². The van der Waals surface area contributed by atoms with Crippen molar-refractivity contribution in [1.82, 2.24) is 15.5 Å². The summed E-state index contributed by atoms with van der Waals surface area (Å²) in [6.07, 6.45) is 2.87. The highest BCUT2D eigenvalue weighted by atomic mass is 16.6. The van der Waals surface area contributed by atoms with Crippen LogP contribution in [0.5, 0.6) is 0 Å². The summed E-state index contributed by atoms with van der Waals surface area (Å²) >= 11 is 0. The van der Waals surface area contributed by atoms with Gasteiger partial charge in [0.1, 0.15) is 18.2 Å². The lowest BCUT2D eigenvalue weighted by Crippen LogP contribution is -2.50. The summed E-state index contributed by atoms with van der Waals surface area (Å²) in [4.78, 5) is 40.3. The second-order valence-corrected chi connectivity index (χ2v) is 9.35. The Morgan fingerprint density at radius 3 is 2.39 bits per heavy atom. The molecule has 2 unspecified atom stereocenters. The van der Waals surface area contributed by atoms with Crippen molar-refractivity contribution in [1.29, 1.82) is 0 Å². The summed E-state index contributed by atoms with van der Waals surface area (Å²) in [5, 5.41) is 5.61. The molecule has 1 fully saturated rings. The molecule has 2 rings (SSSR count). The van der Waals surface area contributed by atoms with Crippen LogP contribution in [-0.4, -0.2) is 47.0 Å². The summed E-state index contributed by atoms with van der Waals surface area (Å²) in [5.41, 5.74) is 1.10. The van der Waals surface area contributed by atoms with Gasteiger partial charge in [0, 0.05) is 12.1 Å². The van der Waals surface area contributed by atoms with Crippen LogP contribution in [0.2, 0.25) is 0 Å². The Morgan fingerprint density at radius 1 is 1.19 bits per heavy atom. The number of nitrogens with one attached hydrogen (secondary N) is 2. The highest BCUT2D eigenvalue weighted by molar-refractivity contribution is 5.91. The van der Waals surface area contributed by atoms with Crippen molar-refractivity contribution < 1.29 is 19.1 Å². The molecule has 1 aliphatic rings. The SMILES string of the molecule is CCCC(C)NC(=O)C(c1ccccc1C)N(C(=O)CNC(=O)OC(C)(C)C)C1CC1. The Balaban J connectivity index is 2.25. The van der Waals surface area contributed by atoms with E-state index in [9.17, 15) is 14.4 Å². The molecular weight excluding hydrogens is 394 g/mol. The predicted octanol–water partition coefficient (Wildman–Crippen LogP) is 3.86. The first-order valence-electron chi connectivity index (χ1n) is 11.2. The van der Waals surface area contributed by atoms with E-state index in [1.54, 1.807) is 25.7 Å². The largest absolute Gasteiger partial charge is 0.444 e. The number of rotatable bonds is 9. The van der Waals surface area contributed by atoms with E-state index in [1.165, 1.54) is 0 Å². The van der Waals surface area contributed by atoms with E-state index in [2.05, 4.69) is 17.6 Å². The first-order valence-corrected chi connectivity index (χ1v) is 11.2. The molecule has 0 aliphatic heterocycles. The fourth-order valence-corrected chi connectivity index (χ4v) is 3.60. The van der Waals surface area contributed by atoms with E-state index in [0.717, 1.165) is 36.8 Å². The Bertz CT molecular complexity index is 783. The van der Waals surface area contributed by atoms with Crippen molar-refractivity contribution in [3.05, 3.63) is 35.4 Å². The molecular formula is C24H37N3O4. The van der Waals surface area contributed by atoms with Gasteiger partial charge in [-0.05, 0) is 65.0 Å². The molecule has 172 valence electrons. The molecule has 1 saturated carbocycles. The minimum absolute atomic E-state index is 0.00947. The van der Waals surface area contributed by atoms with Gasteiger partial charge in [-0.15, -0.1) is 0 Å². The Hall–Kier alpha value is -2.57. The number of amides is 3. The molecule has 31 heavy (non-hydrogen) atoms. The van der Waals surface area contributed by atoms with Crippen LogP contribution in [0.3, 0.4) is 0 Å². The molecule has 7 heteroatoms. The summed E-state index contributed by atoms with van der Waals surface area (Å²) in [7, 11) is 0. The zero-order valence-electron chi connectivity index (χ0n) is 19.7. The van der Waals surface area contributed by atoms with Crippen molar-refractivity contribution >= 4 is 17.9 Å². The van der Waals surface area contributed by atoms with Gasteiger partial charge in [0.15, 0.2) is 0 Å². The second kappa shape index (κ2) is 10.6. The molecule has 1 aromatic carbocycles. The van der Waals surface area contributed by atoms with Gasteiger partial charge < -0.3 is 20.3 Å². The number of nitrogens with zero attached hydrogens (tertiary/aromatic N) is 1. The van der Waals surface area contributed by atoms with Gasteiger partial charge in [0.25, 0.3) is 0 Å². The smallest absolute Gasteiger partial charge is 0.408 e. The van der Waals surface area contributed by atoms with E-state index in [0.29, 0.717) is 0 Å². The molecule has 3 amide bonds. The zero-order valence-corrected chi connectivity index (χ0v) is 19.7. The topological polar surface area (TPSA) is 87.7 Å². The minimum atomic E-state index is -0.735. The van der Waals surface area contributed by atoms with Gasteiger partial charge in [-0.1, -0.05) is 37.6 Å². The molecule has 0 saturated heterocycles. The highest BCUT2D eigenvalue weighted by Gasteiger charge is 2.42.